The fourth-order valence-electron chi connectivity index (χ4n) is 2.55. The molecule has 2 rings (SSSR count). The summed E-state index contributed by atoms with van der Waals surface area (Å²) in [6.45, 7) is 8.51. The molecule has 1 amide bonds. The van der Waals surface area contributed by atoms with Crippen LogP contribution in [-0.2, 0) is 4.74 Å². The summed E-state index contributed by atoms with van der Waals surface area (Å²) in [5.41, 5.74) is 3.25. The van der Waals surface area contributed by atoms with Crippen molar-refractivity contribution in [3.8, 4) is 0 Å². The highest BCUT2D eigenvalue weighted by Gasteiger charge is 2.30. The van der Waals surface area contributed by atoms with Gasteiger partial charge in [0.25, 0.3) is 0 Å². The molecule has 0 aliphatic carbocycles. The lowest BCUT2D eigenvalue weighted by atomic mass is 10.00. The highest BCUT2D eigenvalue weighted by atomic mass is 16.6. The van der Waals surface area contributed by atoms with E-state index < -0.39 is 0 Å². The van der Waals surface area contributed by atoms with Crippen molar-refractivity contribution in [3.63, 3.8) is 0 Å². The van der Waals surface area contributed by atoms with E-state index in [0.717, 1.165) is 11.3 Å². The van der Waals surface area contributed by atoms with E-state index in [1.807, 2.05) is 25.1 Å². The van der Waals surface area contributed by atoms with Gasteiger partial charge in [-0.1, -0.05) is 31.2 Å². The van der Waals surface area contributed by atoms with Gasteiger partial charge in [-0.15, -0.1) is 0 Å². The Balaban J connectivity index is 2.53. The summed E-state index contributed by atoms with van der Waals surface area (Å²) in [7, 11) is 0. The number of carbonyl (C=O) groups excluding carboxylic acids is 1. The third-order valence-electron chi connectivity index (χ3n) is 3.73. The minimum absolute atomic E-state index is 0.0812. The van der Waals surface area contributed by atoms with Gasteiger partial charge in [0.1, 0.15) is 0 Å². The molecule has 0 fully saturated rings. The van der Waals surface area contributed by atoms with Gasteiger partial charge < -0.3 is 4.74 Å². The van der Waals surface area contributed by atoms with Crippen LogP contribution in [0.4, 0.5) is 10.5 Å². The Labute approximate surface area is 114 Å². The van der Waals surface area contributed by atoms with Crippen LogP contribution in [0.1, 0.15) is 33.3 Å². The summed E-state index contributed by atoms with van der Waals surface area (Å²) in [5, 5.41) is 0. The van der Waals surface area contributed by atoms with E-state index in [1.165, 1.54) is 5.57 Å². The van der Waals surface area contributed by atoms with Gasteiger partial charge in [-0.05, 0) is 38.3 Å². The standard InChI is InChI=1S/C16H21NO2/c1-5-19-16(18)17-13(4)11(2)10-12(3)14-8-6-7-9-15(14)17/h6-11,13H,5H2,1-4H3/t11-,13-/m1/s1. The van der Waals surface area contributed by atoms with Crippen LogP contribution < -0.4 is 4.90 Å². The van der Waals surface area contributed by atoms with E-state index in [2.05, 4.69) is 32.9 Å². The highest BCUT2D eigenvalue weighted by molar-refractivity contribution is 5.93. The van der Waals surface area contributed by atoms with E-state index in [9.17, 15) is 4.79 Å². The summed E-state index contributed by atoms with van der Waals surface area (Å²) in [4.78, 5) is 14.0. The number of fused-ring (bicyclic) bond motifs is 1. The van der Waals surface area contributed by atoms with Gasteiger partial charge in [-0.25, -0.2) is 4.79 Å². The highest BCUT2D eigenvalue weighted by Crippen LogP contribution is 2.35. The lowest BCUT2D eigenvalue weighted by molar-refractivity contribution is 0.156. The molecule has 1 aliphatic heterocycles. The van der Waals surface area contributed by atoms with E-state index in [4.69, 9.17) is 4.74 Å². The van der Waals surface area contributed by atoms with Crippen molar-refractivity contribution in [1.82, 2.24) is 0 Å². The minimum Gasteiger partial charge on any atom is -0.449 e. The number of allylic oxidation sites excluding steroid dienone is 1. The number of carbonyl (C=O) groups is 1. The molecule has 1 heterocycles. The molecule has 1 aromatic carbocycles. The van der Waals surface area contributed by atoms with Crippen molar-refractivity contribution < 1.29 is 9.53 Å². The molecule has 3 heteroatoms. The molecule has 1 aromatic rings. The molecule has 0 unspecified atom stereocenters. The molecule has 0 saturated carbocycles. The van der Waals surface area contributed by atoms with Crippen LogP contribution in [0.3, 0.4) is 0 Å². The Morgan fingerprint density at radius 1 is 1.32 bits per heavy atom. The van der Waals surface area contributed by atoms with Crippen molar-refractivity contribution in [1.29, 1.82) is 0 Å². The number of benzene rings is 1. The smallest absolute Gasteiger partial charge is 0.414 e. The molecule has 3 nitrogen and oxygen atoms in total. The number of anilines is 1. The predicted molar refractivity (Wildman–Crippen MR) is 78.2 cm³/mol. The summed E-state index contributed by atoms with van der Waals surface area (Å²) in [5.74, 6) is 0.289. The SMILES string of the molecule is CCOC(=O)N1c2ccccc2C(C)=C[C@@H](C)[C@H]1C. The number of para-hydroxylation sites is 1. The summed E-state index contributed by atoms with van der Waals surface area (Å²) in [6.07, 6.45) is 1.96. The quantitative estimate of drug-likeness (QED) is 0.760. The number of ether oxygens (including phenoxy) is 1. The maximum atomic E-state index is 12.3. The zero-order valence-electron chi connectivity index (χ0n) is 12.0. The molecular formula is C16H21NO2. The predicted octanol–water partition coefficient (Wildman–Crippen LogP) is 4.09. The first-order valence-electron chi connectivity index (χ1n) is 6.80. The van der Waals surface area contributed by atoms with Gasteiger partial charge in [-0.2, -0.15) is 0 Å². The first-order chi connectivity index (χ1) is 9.06. The molecule has 102 valence electrons. The number of hydrogen-bond acceptors (Lipinski definition) is 2. The van der Waals surface area contributed by atoms with Crippen LogP contribution in [0.2, 0.25) is 0 Å². The molecule has 0 aromatic heterocycles. The topological polar surface area (TPSA) is 29.5 Å². The van der Waals surface area contributed by atoms with Crippen molar-refractivity contribution in [2.45, 2.75) is 33.7 Å². The Hall–Kier alpha value is -1.77. The second-order valence-electron chi connectivity index (χ2n) is 5.04. The number of rotatable bonds is 1. The molecule has 19 heavy (non-hydrogen) atoms. The first kappa shape index (κ1) is 13.7. The van der Waals surface area contributed by atoms with Crippen molar-refractivity contribution >= 4 is 17.4 Å². The Kier molecular flexibility index (Phi) is 3.93. The average molecular weight is 259 g/mol. The van der Waals surface area contributed by atoms with E-state index >= 15 is 0 Å². The number of nitrogens with zero attached hydrogens (tertiary/aromatic N) is 1. The van der Waals surface area contributed by atoms with Crippen LogP contribution in [0.15, 0.2) is 30.3 Å². The van der Waals surface area contributed by atoms with Gasteiger partial charge in [0.05, 0.1) is 12.3 Å². The number of hydrogen-bond donors (Lipinski definition) is 0. The molecule has 2 atom stereocenters. The van der Waals surface area contributed by atoms with Crippen molar-refractivity contribution in [2.24, 2.45) is 5.92 Å². The summed E-state index contributed by atoms with van der Waals surface area (Å²) in [6, 6.07) is 8.08. The third-order valence-corrected chi connectivity index (χ3v) is 3.73. The maximum Gasteiger partial charge on any atom is 0.414 e. The van der Waals surface area contributed by atoms with E-state index in [1.54, 1.807) is 4.90 Å². The van der Waals surface area contributed by atoms with Crippen LogP contribution in [-0.4, -0.2) is 18.7 Å². The Bertz CT molecular complexity index is 507. The zero-order valence-corrected chi connectivity index (χ0v) is 12.0. The van der Waals surface area contributed by atoms with Gasteiger partial charge in [0.15, 0.2) is 0 Å². The molecule has 0 spiro atoms. The first-order valence-corrected chi connectivity index (χ1v) is 6.80. The minimum atomic E-state index is -0.266. The fraction of sp³-hybridized carbons (Fsp3) is 0.438. The van der Waals surface area contributed by atoms with Gasteiger partial charge in [-0.3, -0.25) is 4.90 Å². The third kappa shape index (κ3) is 2.50. The normalized spacial score (nSPS) is 22.3. The Morgan fingerprint density at radius 3 is 2.68 bits per heavy atom. The zero-order chi connectivity index (χ0) is 14.0. The molecular weight excluding hydrogens is 238 g/mol. The molecule has 0 N–H and O–H groups in total. The molecule has 1 aliphatic rings. The van der Waals surface area contributed by atoms with Crippen LogP contribution in [0, 0.1) is 5.92 Å². The van der Waals surface area contributed by atoms with Gasteiger partial charge >= 0.3 is 6.09 Å². The average Bonchev–Trinajstić information content (AvgIpc) is 2.47. The second-order valence-corrected chi connectivity index (χ2v) is 5.04. The molecule has 0 radical (unpaired) electrons. The summed E-state index contributed by atoms with van der Waals surface area (Å²) >= 11 is 0. The van der Waals surface area contributed by atoms with Gasteiger partial charge in [0, 0.05) is 11.6 Å². The monoisotopic (exact) mass is 259 g/mol. The van der Waals surface area contributed by atoms with Crippen molar-refractivity contribution in [3.05, 3.63) is 35.9 Å². The molecule has 0 bridgehead atoms. The van der Waals surface area contributed by atoms with E-state index in [-0.39, 0.29) is 18.1 Å². The summed E-state index contributed by atoms with van der Waals surface area (Å²) < 4.78 is 5.21. The molecule has 0 saturated heterocycles. The lowest BCUT2D eigenvalue weighted by Crippen LogP contribution is -2.42. The van der Waals surface area contributed by atoms with Crippen LogP contribution in [0.5, 0.6) is 0 Å². The van der Waals surface area contributed by atoms with Crippen LogP contribution in [0.25, 0.3) is 5.57 Å². The fourth-order valence-corrected chi connectivity index (χ4v) is 2.55. The Morgan fingerprint density at radius 2 is 2.00 bits per heavy atom. The van der Waals surface area contributed by atoms with Crippen molar-refractivity contribution in [2.75, 3.05) is 11.5 Å². The second kappa shape index (κ2) is 5.47. The largest absolute Gasteiger partial charge is 0.449 e. The maximum absolute atomic E-state index is 12.3. The van der Waals surface area contributed by atoms with Gasteiger partial charge in [0.2, 0.25) is 0 Å². The number of amides is 1. The lowest BCUT2D eigenvalue weighted by Gasteiger charge is -2.30. The van der Waals surface area contributed by atoms with Crippen LogP contribution >= 0.6 is 0 Å². The van der Waals surface area contributed by atoms with E-state index in [0.29, 0.717) is 6.61 Å².